The van der Waals surface area contributed by atoms with E-state index in [-0.39, 0.29) is 23.1 Å². The summed E-state index contributed by atoms with van der Waals surface area (Å²) >= 11 is 0. The molecule has 0 aliphatic heterocycles. The summed E-state index contributed by atoms with van der Waals surface area (Å²) in [6, 6.07) is 4.22. The lowest BCUT2D eigenvalue weighted by Gasteiger charge is -2.13. The number of nitro groups is 2. The van der Waals surface area contributed by atoms with E-state index in [1.54, 1.807) is 6.92 Å². The number of benzene rings is 2. The van der Waals surface area contributed by atoms with E-state index in [0.29, 0.717) is 17.7 Å². The molecule has 1 atom stereocenters. The van der Waals surface area contributed by atoms with Gasteiger partial charge in [0.25, 0.3) is 5.69 Å². The molecule has 0 spiro atoms. The molecule has 0 amide bonds. The summed E-state index contributed by atoms with van der Waals surface area (Å²) in [5.41, 5.74) is -2.29. The van der Waals surface area contributed by atoms with Gasteiger partial charge < -0.3 is 5.32 Å². The minimum atomic E-state index is -4.77. The fourth-order valence-corrected chi connectivity index (χ4v) is 3.29. The Hall–Kier alpha value is -3.11. The van der Waals surface area contributed by atoms with Crippen molar-refractivity contribution < 1.29 is 32.1 Å². The van der Waals surface area contributed by atoms with E-state index in [1.807, 2.05) is 0 Å². The van der Waals surface area contributed by atoms with Crippen molar-refractivity contribution in [1.82, 2.24) is 0 Å². The molecule has 2 aromatic carbocycles. The third kappa shape index (κ3) is 4.84. The van der Waals surface area contributed by atoms with Crippen LogP contribution in [0.2, 0.25) is 0 Å². The molecular weight excluding hydrogens is 418 g/mol. The topological polar surface area (TPSA) is 125 Å². The smallest absolute Gasteiger partial charge is 0.350 e. The van der Waals surface area contributed by atoms with Crippen LogP contribution in [0.25, 0.3) is 0 Å². The molecule has 29 heavy (non-hydrogen) atoms. The Morgan fingerprint density at radius 1 is 1.07 bits per heavy atom. The number of nitrogens with zero attached hydrogens (tertiary/aromatic N) is 2. The van der Waals surface area contributed by atoms with Crippen LogP contribution in [0.1, 0.15) is 18.1 Å². The van der Waals surface area contributed by atoms with Gasteiger partial charge in [0.2, 0.25) is 0 Å². The Balaban J connectivity index is 2.63. The van der Waals surface area contributed by atoms with E-state index in [4.69, 9.17) is 0 Å². The van der Waals surface area contributed by atoms with Gasteiger partial charge in [-0.25, -0.2) is 0 Å². The molecule has 0 heterocycles. The van der Waals surface area contributed by atoms with Gasteiger partial charge in [0.15, 0.2) is 0 Å². The molecule has 1 unspecified atom stereocenters. The predicted molar refractivity (Wildman–Crippen MR) is 98.1 cm³/mol. The van der Waals surface area contributed by atoms with Crippen molar-refractivity contribution in [2.45, 2.75) is 19.5 Å². The minimum Gasteiger partial charge on any atom is -0.350 e. The van der Waals surface area contributed by atoms with Crippen LogP contribution < -0.4 is 10.6 Å². The first-order chi connectivity index (χ1) is 13.5. The van der Waals surface area contributed by atoms with Gasteiger partial charge in [0.05, 0.1) is 22.5 Å². The van der Waals surface area contributed by atoms with Crippen molar-refractivity contribution in [3.63, 3.8) is 0 Å². The first-order valence-electron chi connectivity index (χ1n) is 7.94. The van der Waals surface area contributed by atoms with E-state index in [2.05, 4.69) is 9.84 Å². The summed E-state index contributed by atoms with van der Waals surface area (Å²) in [5, 5.41) is 24.9. The fourth-order valence-electron chi connectivity index (χ4n) is 2.53. The second-order valence-corrected chi connectivity index (χ2v) is 7.02. The van der Waals surface area contributed by atoms with Gasteiger partial charge in [-0.3, -0.25) is 20.2 Å². The molecule has 9 nitrogen and oxygen atoms in total. The second-order valence-electron chi connectivity index (χ2n) is 5.66. The average Bonchev–Trinajstić information content (AvgIpc) is 2.66. The Labute approximate surface area is 162 Å². The molecule has 1 N–H and O–H groups in total. The summed E-state index contributed by atoms with van der Waals surface area (Å²) < 4.78 is 55.3. The number of hydrogen-bond donors (Lipinski definition) is 1. The van der Waals surface area contributed by atoms with Gasteiger partial charge in [-0.15, -0.1) is 4.52 Å². The zero-order valence-corrected chi connectivity index (χ0v) is 15.9. The van der Waals surface area contributed by atoms with E-state index < -0.39 is 41.0 Å². The largest absolute Gasteiger partial charge is 0.555 e. The van der Waals surface area contributed by atoms with E-state index in [0.717, 1.165) is 25.3 Å². The van der Waals surface area contributed by atoms with E-state index >= 15 is 0 Å². The van der Waals surface area contributed by atoms with Crippen molar-refractivity contribution in [2.24, 2.45) is 0 Å². The quantitative estimate of drug-likeness (QED) is 0.377. The van der Waals surface area contributed by atoms with Gasteiger partial charge in [-0.2, -0.15) is 13.2 Å². The van der Waals surface area contributed by atoms with E-state index in [1.165, 1.54) is 0 Å². The van der Waals surface area contributed by atoms with Crippen LogP contribution in [-0.4, -0.2) is 17.0 Å². The first kappa shape index (κ1) is 22.2. The van der Waals surface area contributed by atoms with Gasteiger partial charge in [-0.05, 0) is 28.7 Å². The highest BCUT2D eigenvalue weighted by Crippen LogP contribution is 2.38. The molecule has 0 fully saturated rings. The number of hydrogen-bond acceptors (Lipinski definition) is 7. The van der Waals surface area contributed by atoms with Crippen LogP contribution in [0, 0.1) is 20.2 Å². The predicted octanol–water partition coefficient (Wildman–Crippen LogP) is 4.84. The molecule has 0 saturated heterocycles. The maximum absolute atomic E-state index is 12.9. The van der Waals surface area contributed by atoms with Crippen molar-refractivity contribution >= 4 is 36.1 Å². The van der Waals surface area contributed by atoms with Crippen LogP contribution in [0.15, 0.2) is 30.3 Å². The van der Waals surface area contributed by atoms with E-state index in [9.17, 15) is 38.0 Å². The number of anilines is 2. The average molecular weight is 432 g/mol. The SMILES string of the molecule is CCc1cc([N+](=O)[O-])c([P+](=O)OC)cc1Nc1ccc(C(F)(F)F)cc1[N+](=O)[O-]. The highest BCUT2D eigenvalue weighted by molar-refractivity contribution is 7.48. The van der Waals surface area contributed by atoms with Crippen LogP contribution in [0.3, 0.4) is 0 Å². The van der Waals surface area contributed by atoms with Gasteiger partial charge in [0, 0.05) is 23.9 Å². The van der Waals surface area contributed by atoms with Crippen molar-refractivity contribution in [2.75, 3.05) is 12.4 Å². The standard InChI is InChI=1S/C16H14F3N3O6P/c1-3-9-6-14(22(25)26)15(29(27)28-2)8-12(9)20-11-5-4-10(16(17,18)19)7-13(11)21(23)24/h4-8,20H,3H2,1-2H3/q+1. The maximum atomic E-state index is 12.9. The van der Waals surface area contributed by atoms with Crippen molar-refractivity contribution in [3.05, 3.63) is 61.7 Å². The molecule has 0 bridgehead atoms. The fraction of sp³-hybridized carbons (Fsp3) is 0.250. The molecule has 2 rings (SSSR count). The van der Waals surface area contributed by atoms with Crippen LogP contribution in [-0.2, 0) is 21.7 Å². The number of aryl methyl sites for hydroxylation is 1. The lowest BCUT2D eigenvalue weighted by Crippen LogP contribution is -2.11. The van der Waals surface area contributed by atoms with Gasteiger partial charge in [-0.1, -0.05) is 6.92 Å². The molecule has 0 aliphatic carbocycles. The summed E-state index contributed by atoms with van der Waals surface area (Å²) in [6.07, 6.45) is -4.52. The number of rotatable bonds is 7. The summed E-state index contributed by atoms with van der Waals surface area (Å²) in [6.45, 7) is 1.65. The van der Waals surface area contributed by atoms with Crippen molar-refractivity contribution in [3.8, 4) is 0 Å². The first-order valence-corrected chi connectivity index (χ1v) is 9.12. The monoisotopic (exact) mass is 432 g/mol. The minimum absolute atomic E-state index is 0.122. The highest BCUT2D eigenvalue weighted by atomic mass is 31.1. The zero-order chi connectivity index (χ0) is 21.9. The molecule has 13 heteroatoms. The lowest BCUT2D eigenvalue weighted by molar-refractivity contribution is -0.384. The summed E-state index contributed by atoms with van der Waals surface area (Å²) in [4.78, 5) is 20.8. The Kier molecular flexibility index (Phi) is 6.50. The normalized spacial score (nSPS) is 11.8. The second kappa shape index (κ2) is 8.50. The number of nitro benzene ring substituents is 2. The van der Waals surface area contributed by atoms with Crippen molar-refractivity contribution in [1.29, 1.82) is 0 Å². The van der Waals surface area contributed by atoms with Gasteiger partial charge >= 0.3 is 25.2 Å². The molecule has 154 valence electrons. The number of nitrogens with one attached hydrogen (secondary N) is 1. The third-order valence-corrected chi connectivity index (χ3v) is 5.01. The molecule has 0 saturated carbocycles. The Morgan fingerprint density at radius 3 is 2.17 bits per heavy atom. The summed E-state index contributed by atoms with van der Waals surface area (Å²) in [5.74, 6) is 0. The Morgan fingerprint density at radius 2 is 1.69 bits per heavy atom. The van der Waals surface area contributed by atoms with Gasteiger partial charge in [0.1, 0.15) is 5.69 Å². The maximum Gasteiger partial charge on any atom is 0.555 e. The Bertz CT molecular complexity index is 997. The molecular formula is C16H14F3N3O6P+. The molecule has 0 radical (unpaired) electrons. The van der Waals surface area contributed by atoms with Crippen LogP contribution in [0.4, 0.5) is 35.9 Å². The number of halogens is 3. The van der Waals surface area contributed by atoms with Crippen LogP contribution >= 0.6 is 8.03 Å². The molecule has 0 aromatic heterocycles. The molecule has 2 aromatic rings. The lowest BCUT2D eigenvalue weighted by atomic mass is 10.1. The summed E-state index contributed by atoms with van der Waals surface area (Å²) in [7, 11) is -1.50. The zero-order valence-electron chi connectivity index (χ0n) is 15.0. The highest BCUT2D eigenvalue weighted by Gasteiger charge is 2.35. The van der Waals surface area contributed by atoms with Crippen LogP contribution in [0.5, 0.6) is 0 Å². The number of alkyl halides is 3. The molecule has 0 aliphatic rings. The third-order valence-electron chi connectivity index (χ3n) is 3.93.